The molecule has 3 aromatic rings. The van der Waals surface area contributed by atoms with Crippen LogP contribution in [0.1, 0.15) is 16.1 Å². The van der Waals surface area contributed by atoms with Gasteiger partial charge in [-0.1, -0.05) is 28.1 Å². The van der Waals surface area contributed by atoms with Gasteiger partial charge in [0, 0.05) is 33.4 Å². The molecule has 1 amide bonds. The predicted molar refractivity (Wildman–Crippen MR) is 102 cm³/mol. The van der Waals surface area contributed by atoms with Crippen molar-refractivity contribution in [1.82, 2.24) is 9.88 Å². The van der Waals surface area contributed by atoms with Crippen molar-refractivity contribution in [2.75, 3.05) is 6.54 Å². The molecule has 3 heterocycles. The van der Waals surface area contributed by atoms with Crippen LogP contribution in [-0.4, -0.2) is 22.3 Å². The van der Waals surface area contributed by atoms with Gasteiger partial charge < -0.3 is 4.90 Å². The molecule has 0 saturated heterocycles. The maximum absolute atomic E-state index is 12.6. The van der Waals surface area contributed by atoms with E-state index in [9.17, 15) is 4.79 Å². The molecule has 4 rings (SSSR count). The molecule has 24 heavy (non-hydrogen) atoms. The molecule has 122 valence electrons. The van der Waals surface area contributed by atoms with Gasteiger partial charge in [0.2, 0.25) is 5.91 Å². The van der Waals surface area contributed by atoms with Gasteiger partial charge in [-0.3, -0.25) is 4.79 Å². The molecule has 1 aliphatic rings. The largest absolute Gasteiger partial charge is 0.338 e. The SMILES string of the molecule is O=C(Cc1csc(-c2cccc(Br)c2)n1)N1CCc2sccc2C1. The van der Waals surface area contributed by atoms with Gasteiger partial charge in [0.1, 0.15) is 5.01 Å². The van der Waals surface area contributed by atoms with E-state index in [2.05, 4.69) is 32.4 Å². The Bertz CT molecular complexity index is 887. The summed E-state index contributed by atoms with van der Waals surface area (Å²) in [4.78, 5) is 20.6. The molecule has 0 radical (unpaired) electrons. The van der Waals surface area contributed by atoms with E-state index < -0.39 is 0 Å². The molecule has 0 atom stereocenters. The Morgan fingerprint density at radius 1 is 1.29 bits per heavy atom. The third-order valence-corrected chi connectivity index (χ3v) is 6.57. The molecule has 0 aliphatic carbocycles. The molecule has 0 N–H and O–H groups in total. The molecule has 0 spiro atoms. The molecule has 0 bridgehead atoms. The van der Waals surface area contributed by atoms with Crippen LogP contribution in [0.25, 0.3) is 10.6 Å². The number of carbonyl (C=O) groups is 1. The fourth-order valence-corrected chi connectivity index (χ4v) is 4.98. The second-order valence-electron chi connectivity index (χ2n) is 5.77. The first-order chi connectivity index (χ1) is 11.7. The first kappa shape index (κ1) is 16.0. The summed E-state index contributed by atoms with van der Waals surface area (Å²) in [6.07, 6.45) is 1.35. The van der Waals surface area contributed by atoms with Crippen LogP contribution in [0.2, 0.25) is 0 Å². The third kappa shape index (κ3) is 3.31. The smallest absolute Gasteiger partial charge is 0.228 e. The molecule has 0 unspecified atom stereocenters. The van der Waals surface area contributed by atoms with Crippen molar-refractivity contribution in [3.8, 4) is 10.6 Å². The lowest BCUT2D eigenvalue weighted by molar-refractivity contribution is -0.131. The number of aromatic nitrogens is 1. The Balaban J connectivity index is 1.45. The van der Waals surface area contributed by atoms with Crippen LogP contribution in [0, 0.1) is 0 Å². The number of thiophene rings is 1. The molecule has 0 fully saturated rings. The van der Waals surface area contributed by atoms with Crippen molar-refractivity contribution in [3.63, 3.8) is 0 Å². The standard InChI is InChI=1S/C18H15BrN2OS2/c19-14-3-1-2-12(8-14)18-20-15(11-24-18)9-17(22)21-6-4-16-13(10-21)5-7-23-16/h1-3,5,7-8,11H,4,6,9-10H2. The number of rotatable bonds is 3. The van der Waals surface area contributed by atoms with Gasteiger partial charge in [-0.15, -0.1) is 22.7 Å². The first-order valence-corrected chi connectivity index (χ1v) is 10.3. The van der Waals surface area contributed by atoms with E-state index in [1.165, 1.54) is 10.4 Å². The minimum Gasteiger partial charge on any atom is -0.338 e. The topological polar surface area (TPSA) is 33.2 Å². The number of nitrogens with zero attached hydrogens (tertiary/aromatic N) is 2. The lowest BCUT2D eigenvalue weighted by Crippen LogP contribution is -2.36. The van der Waals surface area contributed by atoms with Gasteiger partial charge in [0.15, 0.2) is 0 Å². The molecular formula is C18H15BrN2OS2. The first-order valence-electron chi connectivity index (χ1n) is 7.72. The van der Waals surface area contributed by atoms with E-state index >= 15 is 0 Å². The maximum Gasteiger partial charge on any atom is 0.228 e. The van der Waals surface area contributed by atoms with E-state index in [4.69, 9.17) is 0 Å². The van der Waals surface area contributed by atoms with Crippen molar-refractivity contribution in [2.45, 2.75) is 19.4 Å². The lowest BCUT2D eigenvalue weighted by atomic mass is 10.1. The number of carbonyl (C=O) groups excluding carboxylic acids is 1. The summed E-state index contributed by atoms with van der Waals surface area (Å²) >= 11 is 6.87. The van der Waals surface area contributed by atoms with Gasteiger partial charge in [-0.2, -0.15) is 0 Å². The van der Waals surface area contributed by atoms with Crippen molar-refractivity contribution < 1.29 is 4.79 Å². The highest BCUT2D eigenvalue weighted by Crippen LogP contribution is 2.27. The Hall–Kier alpha value is -1.50. The van der Waals surface area contributed by atoms with Crippen molar-refractivity contribution in [2.24, 2.45) is 0 Å². The second kappa shape index (κ2) is 6.78. The van der Waals surface area contributed by atoms with E-state index in [1.54, 1.807) is 22.7 Å². The normalized spacial score (nSPS) is 13.8. The zero-order chi connectivity index (χ0) is 16.5. The monoisotopic (exact) mass is 418 g/mol. The van der Waals surface area contributed by atoms with Gasteiger partial charge in [-0.25, -0.2) is 4.98 Å². The summed E-state index contributed by atoms with van der Waals surface area (Å²) in [6, 6.07) is 10.2. The minimum absolute atomic E-state index is 0.165. The van der Waals surface area contributed by atoms with Gasteiger partial charge in [0.25, 0.3) is 0 Å². The number of hydrogen-bond acceptors (Lipinski definition) is 4. The molecule has 6 heteroatoms. The van der Waals surface area contributed by atoms with Crippen LogP contribution in [-0.2, 0) is 24.2 Å². The fourth-order valence-electron chi connectivity index (χ4n) is 2.87. The highest BCUT2D eigenvalue weighted by Gasteiger charge is 2.22. The summed E-state index contributed by atoms with van der Waals surface area (Å²) in [7, 11) is 0. The average molecular weight is 419 g/mol. The zero-order valence-corrected chi connectivity index (χ0v) is 16.1. The van der Waals surface area contributed by atoms with E-state index in [0.717, 1.165) is 40.2 Å². The zero-order valence-electron chi connectivity index (χ0n) is 12.9. The van der Waals surface area contributed by atoms with Crippen LogP contribution in [0.15, 0.2) is 45.6 Å². The quantitative estimate of drug-likeness (QED) is 0.613. The van der Waals surface area contributed by atoms with Gasteiger partial charge >= 0.3 is 0 Å². The third-order valence-electron chi connectivity index (χ3n) is 4.12. The van der Waals surface area contributed by atoms with Crippen LogP contribution >= 0.6 is 38.6 Å². The molecule has 0 saturated carbocycles. The predicted octanol–water partition coefficient (Wildman–Crippen LogP) is 4.76. The summed E-state index contributed by atoms with van der Waals surface area (Å²) in [5.74, 6) is 0.165. The average Bonchev–Trinajstić information content (AvgIpc) is 3.23. The Morgan fingerprint density at radius 2 is 2.21 bits per heavy atom. The number of hydrogen-bond donors (Lipinski definition) is 0. The molecular weight excluding hydrogens is 404 g/mol. The van der Waals surface area contributed by atoms with Crippen LogP contribution < -0.4 is 0 Å². The van der Waals surface area contributed by atoms with Crippen molar-refractivity contribution in [3.05, 3.63) is 61.7 Å². The number of fused-ring (bicyclic) bond motifs is 1. The van der Waals surface area contributed by atoms with Crippen LogP contribution in [0.4, 0.5) is 0 Å². The van der Waals surface area contributed by atoms with E-state index in [1.807, 2.05) is 34.5 Å². The van der Waals surface area contributed by atoms with Crippen molar-refractivity contribution in [1.29, 1.82) is 0 Å². The fraction of sp³-hybridized carbons (Fsp3) is 0.222. The van der Waals surface area contributed by atoms with Gasteiger partial charge in [-0.05, 0) is 35.6 Å². The number of benzene rings is 1. The highest BCUT2D eigenvalue weighted by molar-refractivity contribution is 9.10. The van der Waals surface area contributed by atoms with E-state index in [-0.39, 0.29) is 5.91 Å². The highest BCUT2D eigenvalue weighted by atomic mass is 79.9. The molecule has 3 nitrogen and oxygen atoms in total. The maximum atomic E-state index is 12.6. The Kier molecular flexibility index (Phi) is 4.52. The second-order valence-corrected chi connectivity index (χ2v) is 8.54. The van der Waals surface area contributed by atoms with Crippen molar-refractivity contribution >= 4 is 44.5 Å². The summed E-state index contributed by atoms with van der Waals surface area (Å²) in [5.41, 5.74) is 3.23. The van der Waals surface area contributed by atoms with E-state index in [0.29, 0.717) is 6.42 Å². The van der Waals surface area contributed by atoms with Crippen LogP contribution in [0.5, 0.6) is 0 Å². The van der Waals surface area contributed by atoms with Crippen LogP contribution in [0.3, 0.4) is 0 Å². The lowest BCUT2D eigenvalue weighted by Gasteiger charge is -2.26. The number of thiazole rings is 1. The summed E-state index contributed by atoms with van der Waals surface area (Å²) in [5, 5.41) is 5.06. The number of amides is 1. The summed E-state index contributed by atoms with van der Waals surface area (Å²) in [6.45, 7) is 1.55. The Labute approximate surface area is 157 Å². The summed E-state index contributed by atoms with van der Waals surface area (Å²) < 4.78 is 1.03. The Morgan fingerprint density at radius 3 is 3.08 bits per heavy atom. The minimum atomic E-state index is 0.165. The number of halogens is 1. The molecule has 1 aliphatic heterocycles. The molecule has 1 aromatic carbocycles. The molecule has 2 aromatic heterocycles. The van der Waals surface area contributed by atoms with Gasteiger partial charge in [0.05, 0.1) is 12.1 Å².